The summed E-state index contributed by atoms with van der Waals surface area (Å²) in [5, 5.41) is 7.91. The van der Waals surface area contributed by atoms with Gasteiger partial charge in [-0.25, -0.2) is 15.0 Å². The number of amides is 1. The molecule has 4 rings (SSSR count). The van der Waals surface area contributed by atoms with Crippen LogP contribution in [0.5, 0.6) is 0 Å². The van der Waals surface area contributed by atoms with Crippen LogP contribution in [0.2, 0.25) is 0 Å². The first-order valence-corrected chi connectivity index (χ1v) is 8.58. The summed E-state index contributed by atoms with van der Waals surface area (Å²) < 4.78 is 1.11. The zero-order valence-electron chi connectivity index (χ0n) is 13.7. The van der Waals surface area contributed by atoms with E-state index in [-0.39, 0.29) is 5.91 Å². The molecule has 0 aliphatic rings. The molecule has 0 aliphatic heterocycles. The Bertz CT molecular complexity index is 1110. The van der Waals surface area contributed by atoms with E-state index in [1.54, 1.807) is 17.5 Å². The number of anilines is 3. The lowest BCUT2D eigenvalue weighted by Gasteiger charge is -2.08. The molecule has 4 aromatic rings. The number of nitrogens with zero attached hydrogens (tertiary/aromatic N) is 3. The summed E-state index contributed by atoms with van der Waals surface area (Å²) in [7, 11) is 0. The molecule has 0 fully saturated rings. The number of benzene rings is 2. The molecule has 2 aromatic heterocycles. The van der Waals surface area contributed by atoms with Crippen molar-refractivity contribution in [2.24, 2.45) is 0 Å². The summed E-state index contributed by atoms with van der Waals surface area (Å²) in [5.74, 6) is 0.381. The zero-order chi connectivity index (χ0) is 17.4. The van der Waals surface area contributed by atoms with Crippen LogP contribution in [0.4, 0.5) is 17.3 Å². The van der Waals surface area contributed by atoms with E-state index in [0.29, 0.717) is 5.95 Å². The van der Waals surface area contributed by atoms with Crippen molar-refractivity contribution in [2.75, 3.05) is 10.6 Å². The summed E-state index contributed by atoms with van der Waals surface area (Å²) in [5.41, 5.74) is 3.25. The fourth-order valence-electron chi connectivity index (χ4n) is 2.66. The smallest absolute Gasteiger partial charge is 0.227 e. The maximum absolute atomic E-state index is 11.2. The molecule has 2 heterocycles. The van der Waals surface area contributed by atoms with Crippen molar-refractivity contribution in [3.8, 4) is 0 Å². The molecule has 0 saturated heterocycles. The van der Waals surface area contributed by atoms with Crippen LogP contribution in [0.15, 0.2) is 42.6 Å². The van der Waals surface area contributed by atoms with Gasteiger partial charge in [-0.1, -0.05) is 6.07 Å². The standard InChI is InChI=1S/C18H15N5OS/c1-10(24)20-13-4-3-5-14(8-13)22-18-19-9-12-6-7-15-17(16(12)23-18)21-11(2)25-15/h3-9H,1-2H3,(H,20,24)(H,19,22,23). The van der Waals surface area contributed by atoms with Gasteiger partial charge in [-0.15, -0.1) is 11.3 Å². The third kappa shape index (κ3) is 3.14. The second-order valence-electron chi connectivity index (χ2n) is 5.66. The third-order valence-electron chi connectivity index (χ3n) is 3.66. The summed E-state index contributed by atoms with van der Waals surface area (Å²) in [4.78, 5) is 24.8. The average Bonchev–Trinajstić information content (AvgIpc) is 2.95. The summed E-state index contributed by atoms with van der Waals surface area (Å²) in [6.07, 6.45) is 1.79. The zero-order valence-corrected chi connectivity index (χ0v) is 14.5. The van der Waals surface area contributed by atoms with E-state index in [1.807, 2.05) is 37.3 Å². The quantitative estimate of drug-likeness (QED) is 0.578. The first-order chi connectivity index (χ1) is 12.1. The Morgan fingerprint density at radius 1 is 1.08 bits per heavy atom. The predicted molar refractivity (Wildman–Crippen MR) is 101 cm³/mol. The number of aryl methyl sites for hydroxylation is 1. The molecule has 0 bridgehead atoms. The Kier molecular flexibility index (Phi) is 3.77. The minimum Gasteiger partial charge on any atom is -0.326 e. The lowest BCUT2D eigenvalue weighted by Crippen LogP contribution is -2.06. The molecule has 25 heavy (non-hydrogen) atoms. The number of hydrogen-bond donors (Lipinski definition) is 2. The van der Waals surface area contributed by atoms with Gasteiger partial charge >= 0.3 is 0 Å². The minimum atomic E-state index is -0.111. The maximum atomic E-state index is 11.2. The van der Waals surface area contributed by atoms with Crippen LogP contribution >= 0.6 is 11.3 Å². The lowest BCUT2D eigenvalue weighted by molar-refractivity contribution is -0.114. The number of carbonyl (C=O) groups is 1. The molecule has 7 heteroatoms. The molecular formula is C18H15N5OS. The Balaban J connectivity index is 1.72. The topological polar surface area (TPSA) is 79.8 Å². The van der Waals surface area contributed by atoms with E-state index in [1.165, 1.54) is 6.92 Å². The van der Waals surface area contributed by atoms with Crippen molar-refractivity contribution in [3.05, 3.63) is 47.6 Å². The van der Waals surface area contributed by atoms with Crippen molar-refractivity contribution in [1.29, 1.82) is 0 Å². The van der Waals surface area contributed by atoms with Crippen molar-refractivity contribution in [1.82, 2.24) is 15.0 Å². The van der Waals surface area contributed by atoms with Gasteiger partial charge in [-0.05, 0) is 37.3 Å². The average molecular weight is 349 g/mol. The molecule has 0 spiro atoms. The van der Waals surface area contributed by atoms with E-state index in [9.17, 15) is 4.79 Å². The van der Waals surface area contributed by atoms with Crippen molar-refractivity contribution in [3.63, 3.8) is 0 Å². The molecule has 124 valence electrons. The minimum absolute atomic E-state index is 0.111. The summed E-state index contributed by atoms with van der Waals surface area (Å²) >= 11 is 1.65. The van der Waals surface area contributed by atoms with Gasteiger partial charge in [0, 0.05) is 29.9 Å². The fourth-order valence-corrected chi connectivity index (χ4v) is 3.49. The van der Waals surface area contributed by atoms with Gasteiger partial charge in [0.1, 0.15) is 11.0 Å². The lowest BCUT2D eigenvalue weighted by atomic mass is 10.2. The van der Waals surface area contributed by atoms with Crippen molar-refractivity contribution >= 4 is 55.7 Å². The molecule has 0 aliphatic carbocycles. The van der Waals surface area contributed by atoms with Gasteiger partial charge in [-0.2, -0.15) is 0 Å². The fraction of sp³-hybridized carbons (Fsp3) is 0.111. The number of thiazole rings is 1. The Labute approximate surface area is 148 Å². The first kappa shape index (κ1) is 15.5. The molecule has 0 saturated carbocycles. The SMILES string of the molecule is CC(=O)Nc1cccc(Nc2ncc3ccc4sc(C)nc4c3n2)c1. The van der Waals surface area contributed by atoms with Crippen LogP contribution in [0, 0.1) is 6.92 Å². The normalized spacial score (nSPS) is 11.0. The van der Waals surface area contributed by atoms with Crippen LogP contribution in [0.1, 0.15) is 11.9 Å². The Morgan fingerprint density at radius 2 is 1.92 bits per heavy atom. The number of rotatable bonds is 3. The van der Waals surface area contributed by atoms with Crippen LogP contribution in [-0.4, -0.2) is 20.9 Å². The predicted octanol–water partition coefficient (Wildman–Crippen LogP) is 4.25. The number of carbonyl (C=O) groups excluding carboxylic acids is 1. The molecule has 0 atom stereocenters. The second-order valence-corrected chi connectivity index (χ2v) is 6.90. The van der Waals surface area contributed by atoms with Crippen molar-refractivity contribution < 1.29 is 4.79 Å². The molecule has 0 radical (unpaired) electrons. The highest BCUT2D eigenvalue weighted by Crippen LogP contribution is 2.28. The molecular weight excluding hydrogens is 334 g/mol. The van der Waals surface area contributed by atoms with Gasteiger partial charge < -0.3 is 10.6 Å². The Hall–Kier alpha value is -3.06. The number of nitrogens with one attached hydrogen (secondary N) is 2. The van der Waals surface area contributed by atoms with Gasteiger partial charge in [0.2, 0.25) is 11.9 Å². The Morgan fingerprint density at radius 3 is 2.76 bits per heavy atom. The van der Waals surface area contributed by atoms with E-state index in [0.717, 1.165) is 37.5 Å². The highest BCUT2D eigenvalue weighted by molar-refractivity contribution is 7.18. The van der Waals surface area contributed by atoms with Crippen LogP contribution < -0.4 is 10.6 Å². The molecule has 2 aromatic carbocycles. The van der Waals surface area contributed by atoms with Gasteiger partial charge in [0.25, 0.3) is 0 Å². The first-order valence-electron chi connectivity index (χ1n) is 7.76. The van der Waals surface area contributed by atoms with E-state index in [4.69, 9.17) is 0 Å². The molecule has 6 nitrogen and oxygen atoms in total. The van der Waals surface area contributed by atoms with Crippen LogP contribution in [0.25, 0.3) is 21.1 Å². The largest absolute Gasteiger partial charge is 0.326 e. The van der Waals surface area contributed by atoms with Gasteiger partial charge in [0.15, 0.2) is 0 Å². The highest BCUT2D eigenvalue weighted by Gasteiger charge is 2.09. The second kappa shape index (κ2) is 6.10. The number of fused-ring (bicyclic) bond motifs is 3. The molecule has 1 amide bonds. The van der Waals surface area contributed by atoms with E-state index >= 15 is 0 Å². The number of aromatic nitrogens is 3. The summed E-state index contributed by atoms with van der Waals surface area (Å²) in [6, 6.07) is 11.5. The van der Waals surface area contributed by atoms with E-state index in [2.05, 4.69) is 31.7 Å². The number of hydrogen-bond acceptors (Lipinski definition) is 6. The van der Waals surface area contributed by atoms with Gasteiger partial charge in [0.05, 0.1) is 9.71 Å². The van der Waals surface area contributed by atoms with Crippen LogP contribution in [-0.2, 0) is 4.79 Å². The maximum Gasteiger partial charge on any atom is 0.227 e. The summed E-state index contributed by atoms with van der Waals surface area (Å²) in [6.45, 7) is 3.47. The highest BCUT2D eigenvalue weighted by atomic mass is 32.1. The van der Waals surface area contributed by atoms with Crippen LogP contribution in [0.3, 0.4) is 0 Å². The molecule has 0 unspecified atom stereocenters. The van der Waals surface area contributed by atoms with Crippen molar-refractivity contribution in [2.45, 2.75) is 13.8 Å². The molecule has 2 N–H and O–H groups in total. The third-order valence-corrected chi connectivity index (χ3v) is 4.59. The monoisotopic (exact) mass is 349 g/mol. The van der Waals surface area contributed by atoms with E-state index < -0.39 is 0 Å². The van der Waals surface area contributed by atoms with Gasteiger partial charge in [-0.3, -0.25) is 4.79 Å².